The number of hydrazine groups is 1. The van der Waals surface area contributed by atoms with Gasteiger partial charge in [-0.1, -0.05) is 48.0 Å². The third kappa shape index (κ3) is 5.64. The maximum Gasteiger partial charge on any atom is 0.166 e. The van der Waals surface area contributed by atoms with Gasteiger partial charge >= 0.3 is 0 Å². The van der Waals surface area contributed by atoms with Gasteiger partial charge in [0.05, 0.1) is 4.90 Å². The van der Waals surface area contributed by atoms with E-state index in [-0.39, 0.29) is 5.82 Å². The smallest absolute Gasteiger partial charge is 0.166 e. The van der Waals surface area contributed by atoms with Gasteiger partial charge in [-0.2, -0.15) is 5.10 Å². The summed E-state index contributed by atoms with van der Waals surface area (Å²) in [6, 6.07) is 20.4. The second kappa shape index (κ2) is 10.3. The SMILES string of the molecule is N/N=C(\NN)c1ccc(CN(Cc2ccc(F)cc2)S(=O)c2ccc(Cl)cc2)cc1. The standard InChI is InChI=1S/C21H21ClFN5OS/c22-18-7-11-20(12-8-18)30(29)28(14-16-3-9-19(23)10-4-16)13-15-1-5-17(6-2-15)21(26-24)27-25/h1-12H,13-14,24-25H2,(H,26,27). The van der Waals surface area contributed by atoms with Crippen molar-refractivity contribution in [3.05, 3.63) is 100 Å². The molecule has 0 spiro atoms. The molecule has 1 unspecified atom stereocenters. The molecule has 3 aromatic carbocycles. The first-order valence-corrected chi connectivity index (χ1v) is 10.5. The van der Waals surface area contributed by atoms with E-state index in [4.69, 9.17) is 23.3 Å². The maximum atomic E-state index is 13.3. The fourth-order valence-corrected chi connectivity index (χ4v) is 4.16. The number of halogens is 2. The molecule has 0 radical (unpaired) electrons. The Morgan fingerprint density at radius 1 is 0.967 bits per heavy atom. The highest BCUT2D eigenvalue weighted by Gasteiger charge is 2.17. The van der Waals surface area contributed by atoms with Crippen LogP contribution in [0.15, 0.2) is 82.8 Å². The van der Waals surface area contributed by atoms with Gasteiger partial charge in [-0.25, -0.2) is 18.7 Å². The Morgan fingerprint density at radius 2 is 1.50 bits per heavy atom. The van der Waals surface area contributed by atoms with Crippen molar-refractivity contribution in [2.24, 2.45) is 16.8 Å². The van der Waals surface area contributed by atoms with Gasteiger partial charge in [0.25, 0.3) is 0 Å². The molecule has 1 atom stereocenters. The average Bonchev–Trinajstić information content (AvgIpc) is 2.77. The second-order valence-corrected chi connectivity index (χ2v) is 8.37. The van der Waals surface area contributed by atoms with Gasteiger partial charge in [0.2, 0.25) is 0 Å². The minimum atomic E-state index is -1.45. The van der Waals surface area contributed by atoms with E-state index >= 15 is 0 Å². The van der Waals surface area contributed by atoms with Crippen molar-refractivity contribution in [3.8, 4) is 0 Å². The number of hydrazone groups is 1. The predicted molar refractivity (Wildman–Crippen MR) is 118 cm³/mol. The Balaban J connectivity index is 1.85. The van der Waals surface area contributed by atoms with Crippen molar-refractivity contribution in [1.82, 2.24) is 9.73 Å². The van der Waals surface area contributed by atoms with Crippen molar-refractivity contribution in [1.29, 1.82) is 0 Å². The van der Waals surface area contributed by atoms with Crippen LogP contribution in [0.3, 0.4) is 0 Å². The zero-order valence-electron chi connectivity index (χ0n) is 16.0. The van der Waals surface area contributed by atoms with Crippen LogP contribution in [-0.2, 0) is 24.1 Å². The molecule has 30 heavy (non-hydrogen) atoms. The van der Waals surface area contributed by atoms with E-state index in [1.807, 2.05) is 24.3 Å². The largest absolute Gasteiger partial charge is 0.321 e. The van der Waals surface area contributed by atoms with Gasteiger partial charge in [0.1, 0.15) is 16.8 Å². The molecule has 0 amide bonds. The van der Waals surface area contributed by atoms with Crippen LogP contribution in [0, 0.1) is 5.82 Å². The quantitative estimate of drug-likeness (QED) is 0.225. The lowest BCUT2D eigenvalue weighted by Crippen LogP contribution is -2.32. The number of rotatable bonds is 7. The minimum Gasteiger partial charge on any atom is -0.321 e. The molecule has 156 valence electrons. The summed E-state index contributed by atoms with van der Waals surface area (Å²) in [7, 11) is -1.45. The van der Waals surface area contributed by atoms with Gasteiger partial charge in [0, 0.05) is 23.7 Å². The number of nitrogens with one attached hydrogen (secondary N) is 1. The topological polar surface area (TPSA) is 96.7 Å². The summed E-state index contributed by atoms with van der Waals surface area (Å²) in [4.78, 5) is 0.628. The summed E-state index contributed by atoms with van der Waals surface area (Å²) in [6.07, 6.45) is 0. The molecule has 0 heterocycles. The van der Waals surface area contributed by atoms with Crippen LogP contribution < -0.4 is 17.1 Å². The maximum absolute atomic E-state index is 13.3. The van der Waals surface area contributed by atoms with E-state index < -0.39 is 11.0 Å². The van der Waals surface area contributed by atoms with Gasteiger partial charge < -0.3 is 11.3 Å². The molecule has 0 aromatic heterocycles. The molecule has 6 nitrogen and oxygen atoms in total. The molecule has 3 aromatic rings. The lowest BCUT2D eigenvalue weighted by molar-refractivity contribution is 0.434. The van der Waals surface area contributed by atoms with Gasteiger partial charge in [-0.3, -0.25) is 0 Å². The molecule has 9 heteroatoms. The summed E-state index contributed by atoms with van der Waals surface area (Å²) in [6.45, 7) is 0.773. The average molecular weight is 446 g/mol. The highest BCUT2D eigenvalue weighted by molar-refractivity contribution is 7.82. The van der Waals surface area contributed by atoms with E-state index in [9.17, 15) is 8.60 Å². The monoisotopic (exact) mass is 445 g/mol. The summed E-state index contributed by atoms with van der Waals surface area (Å²) in [5, 5.41) is 4.16. The summed E-state index contributed by atoms with van der Waals surface area (Å²) >= 11 is 5.95. The fraction of sp³-hybridized carbons (Fsp3) is 0.0952. The molecule has 0 fully saturated rings. The molecule has 5 N–H and O–H groups in total. The van der Waals surface area contributed by atoms with Crippen molar-refractivity contribution >= 4 is 28.4 Å². The van der Waals surface area contributed by atoms with Crippen molar-refractivity contribution < 1.29 is 8.60 Å². The molecule has 0 aliphatic rings. The van der Waals surface area contributed by atoms with Crippen LogP contribution in [0.2, 0.25) is 5.02 Å². The Hall–Kier alpha value is -2.78. The number of benzene rings is 3. The number of hydrogen-bond acceptors (Lipinski definition) is 4. The lowest BCUT2D eigenvalue weighted by atomic mass is 10.1. The first-order valence-electron chi connectivity index (χ1n) is 9.01. The minimum absolute atomic E-state index is 0.314. The number of amidine groups is 1. The van der Waals surface area contributed by atoms with E-state index in [0.717, 1.165) is 16.7 Å². The van der Waals surface area contributed by atoms with Crippen LogP contribution in [0.25, 0.3) is 0 Å². The van der Waals surface area contributed by atoms with E-state index in [2.05, 4.69) is 10.5 Å². The van der Waals surface area contributed by atoms with Gasteiger partial charge in [0.15, 0.2) is 5.84 Å². The Labute approximate surface area is 181 Å². The first kappa shape index (κ1) is 21.9. The van der Waals surface area contributed by atoms with Crippen LogP contribution in [-0.4, -0.2) is 14.3 Å². The van der Waals surface area contributed by atoms with Crippen molar-refractivity contribution in [2.75, 3.05) is 0 Å². The Bertz CT molecular complexity index is 1030. The summed E-state index contributed by atoms with van der Waals surface area (Å²) < 4.78 is 28.3. The molecule has 0 saturated heterocycles. The Kier molecular flexibility index (Phi) is 7.53. The van der Waals surface area contributed by atoms with E-state index in [0.29, 0.717) is 28.8 Å². The fourth-order valence-electron chi connectivity index (χ4n) is 2.83. The first-order chi connectivity index (χ1) is 14.5. The third-order valence-corrected chi connectivity index (χ3v) is 6.03. The molecule has 0 bridgehead atoms. The van der Waals surface area contributed by atoms with Crippen molar-refractivity contribution in [2.45, 2.75) is 18.0 Å². The van der Waals surface area contributed by atoms with Gasteiger partial charge in [-0.05, 0) is 47.5 Å². The van der Waals surface area contributed by atoms with E-state index in [1.54, 1.807) is 40.7 Å². The summed E-state index contributed by atoms with van der Waals surface area (Å²) in [5.41, 5.74) is 4.94. The highest BCUT2D eigenvalue weighted by Crippen LogP contribution is 2.20. The predicted octanol–water partition coefficient (Wildman–Crippen LogP) is 3.29. The van der Waals surface area contributed by atoms with Gasteiger partial charge in [-0.15, -0.1) is 0 Å². The Morgan fingerprint density at radius 3 is 2.00 bits per heavy atom. The van der Waals surface area contributed by atoms with Crippen molar-refractivity contribution in [3.63, 3.8) is 0 Å². The normalized spacial score (nSPS) is 12.7. The van der Waals surface area contributed by atoms with Crippen LogP contribution >= 0.6 is 11.6 Å². The molecule has 0 aliphatic carbocycles. The lowest BCUT2D eigenvalue weighted by Gasteiger charge is -2.22. The molecular weight excluding hydrogens is 425 g/mol. The third-order valence-electron chi connectivity index (χ3n) is 4.37. The van der Waals surface area contributed by atoms with E-state index in [1.165, 1.54) is 12.1 Å². The summed E-state index contributed by atoms with van der Waals surface area (Å²) in [5.74, 6) is 10.7. The zero-order chi connectivity index (χ0) is 21.5. The zero-order valence-corrected chi connectivity index (χ0v) is 17.5. The second-order valence-electron chi connectivity index (χ2n) is 6.45. The van der Waals surface area contributed by atoms with Crippen LogP contribution in [0.5, 0.6) is 0 Å². The van der Waals surface area contributed by atoms with Crippen LogP contribution in [0.1, 0.15) is 16.7 Å². The number of nitrogens with two attached hydrogens (primary N) is 2. The highest BCUT2D eigenvalue weighted by atomic mass is 35.5. The van der Waals surface area contributed by atoms with Crippen LogP contribution in [0.4, 0.5) is 4.39 Å². The molecule has 0 saturated carbocycles. The number of nitrogens with zero attached hydrogens (tertiary/aromatic N) is 2. The molecule has 3 rings (SSSR count). The number of hydrogen-bond donors (Lipinski definition) is 3. The molecular formula is C21H21ClFN5OS. The molecule has 0 aliphatic heterocycles.